The molecule has 0 spiro atoms. The lowest BCUT2D eigenvalue weighted by Crippen LogP contribution is -2.30. The molecule has 2 amide bonds. The van der Waals surface area contributed by atoms with Crippen LogP contribution < -0.4 is 15.0 Å². The van der Waals surface area contributed by atoms with E-state index >= 15 is 0 Å². The van der Waals surface area contributed by atoms with Gasteiger partial charge in [-0.2, -0.15) is 0 Å². The number of ether oxygens (including phenoxy) is 1. The third-order valence-electron chi connectivity index (χ3n) is 4.84. The number of amides is 2. The van der Waals surface area contributed by atoms with Crippen molar-refractivity contribution in [2.24, 2.45) is 0 Å². The highest BCUT2D eigenvalue weighted by Crippen LogP contribution is 2.23. The van der Waals surface area contributed by atoms with Crippen molar-refractivity contribution < 1.29 is 18.7 Å². The molecule has 0 aliphatic heterocycles. The molecule has 4 aromatic rings. The number of benzene rings is 2. The molecule has 0 aliphatic rings. The van der Waals surface area contributed by atoms with Gasteiger partial charge in [-0.15, -0.1) is 11.3 Å². The third-order valence-corrected chi connectivity index (χ3v) is 5.69. The molecular weight excluding hydrogens is 441 g/mol. The minimum Gasteiger partial charge on any atom is -0.439 e. The number of hydrogen-bond donors (Lipinski definition) is 1. The Kier molecular flexibility index (Phi) is 6.75. The number of nitrogens with one attached hydrogen (secondary N) is 1. The zero-order valence-corrected chi connectivity index (χ0v) is 18.5. The zero-order valence-electron chi connectivity index (χ0n) is 17.7. The molecule has 1 N–H and O–H groups in total. The average Bonchev–Trinajstić information content (AvgIpc) is 3.38. The summed E-state index contributed by atoms with van der Waals surface area (Å²) in [6.45, 7) is 0.234. The largest absolute Gasteiger partial charge is 0.439 e. The number of para-hydroxylation sites is 1. The second-order valence-corrected chi connectivity index (χ2v) is 8.05. The van der Waals surface area contributed by atoms with Crippen LogP contribution in [0.25, 0.3) is 0 Å². The lowest BCUT2D eigenvalue weighted by Gasteiger charge is -2.20. The number of aromatic nitrogens is 1. The highest BCUT2D eigenvalue weighted by atomic mass is 32.1. The van der Waals surface area contributed by atoms with Crippen LogP contribution in [0.4, 0.5) is 10.1 Å². The number of halogens is 1. The predicted octanol–water partition coefficient (Wildman–Crippen LogP) is 5.28. The van der Waals surface area contributed by atoms with Crippen LogP contribution >= 0.6 is 11.3 Å². The summed E-state index contributed by atoms with van der Waals surface area (Å²) >= 11 is 1.35. The molecule has 0 atom stereocenters. The summed E-state index contributed by atoms with van der Waals surface area (Å²) in [5.74, 6) is -0.0570. The van der Waals surface area contributed by atoms with Gasteiger partial charge in [0.15, 0.2) is 0 Å². The molecule has 0 unspecified atom stereocenters. The Balaban J connectivity index is 1.44. The molecule has 4 rings (SSSR count). The van der Waals surface area contributed by atoms with Crippen molar-refractivity contribution in [3.63, 3.8) is 0 Å². The van der Waals surface area contributed by atoms with E-state index < -0.39 is 0 Å². The van der Waals surface area contributed by atoms with Crippen LogP contribution in [0.3, 0.4) is 0 Å². The van der Waals surface area contributed by atoms with E-state index in [-0.39, 0.29) is 24.2 Å². The summed E-state index contributed by atoms with van der Waals surface area (Å²) in [7, 11) is 1.65. The fourth-order valence-electron chi connectivity index (χ4n) is 3.15. The van der Waals surface area contributed by atoms with Gasteiger partial charge in [-0.1, -0.05) is 18.2 Å². The summed E-state index contributed by atoms with van der Waals surface area (Å²) in [6.07, 6.45) is 1.57. The van der Waals surface area contributed by atoms with E-state index in [9.17, 15) is 14.0 Å². The Morgan fingerprint density at radius 1 is 1.06 bits per heavy atom. The lowest BCUT2D eigenvalue weighted by atomic mass is 10.1. The fraction of sp³-hybridized carbons (Fsp3) is 0.0800. The van der Waals surface area contributed by atoms with Crippen molar-refractivity contribution in [2.75, 3.05) is 11.9 Å². The van der Waals surface area contributed by atoms with E-state index in [1.165, 1.54) is 40.5 Å². The number of rotatable bonds is 7. The standard InChI is InChI=1S/C25H20FN3O3S/c1-29(25(31)22-7-4-14-33-22)21-6-3-2-5-20(21)24(30)28-16-17-12-13-27-23(15-17)32-19-10-8-18(26)9-11-19/h2-15H,16H2,1H3,(H,28,30). The van der Waals surface area contributed by atoms with Crippen molar-refractivity contribution in [1.82, 2.24) is 10.3 Å². The molecule has 2 aromatic heterocycles. The van der Waals surface area contributed by atoms with Crippen LogP contribution in [0.5, 0.6) is 11.6 Å². The van der Waals surface area contributed by atoms with Crippen molar-refractivity contribution in [2.45, 2.75) is 6.54 Å². The molecule has 8 heteroatoms. The van der Waals surface area contributed by atoms with Gasteiger partial charge < -0.3 is 15.0 Å². The number of carbonyl (C=O) groups excluding carboxylic acids is 2. The number of anilines is 1. The quantitative estimate of drug-likeness (QED) is 0.406. The van der Waals surface area contributed by atoms with Crippen LogP contribution in [0.15, 0.2) is 84.4 Å². The monoisotopic (exact) mass is 461 g/mol. The zero-order chi connectivity index (χ0) is 23.2. The minimum absolute atomic E-state index is 0.179. The molecule has 2 aromatic carbocycles. The van der Waals surface area contributed by atoms with Gasteiger partial charge in [-0.25, -0.2) is 9.37 Å². The van der Waals surface area contributed by atoms with Gasteiger partial charge in [-0.3, -0.25) is 9.59 Å². The molecule has 0 saturated carbocycles. The Morgan fingerprint density at radius 3 is 2.61 bits per heavy atom. The van der Waals surface area contributed by atoms with E-state index in [4.69, 9.17) is 4.74 Å². The van der Waals surface area contributed by atoms with Crippen molar-refractivity contribution in [3.8, 4) is 11.6 Å². The third kappa shape index (κ3) is 5.42. The maximum absolute atomic E-state index is 13.1. The minimum atomic E-state index is -0.352. The highest BCUT2D eigenvalue weighted by Gasteiger charge is 2.20. The molecule has 166 valence electrons. The Labute approximate surface area is 194 Å². The van der Waals surface area contributed by atoms with E-state index in [2.05, 4.69) is 10.3 Å². The van der Waals surface area contributed by atoms with E-state index in [0.29, 0.717) is 27.8 Å². The SMILES string of the molecule is CN(C(=O)c1cccs1)c1ccccc1C(=O)NCc1ccnc(Oc2ccc(F)cc2)c1. The van der Waals surface area contributed by atoms with Crippen LogP contribution in [0.1, 0.15) is 25.6 Å². The van der Waals surface area contributed by atoms with Crippen molar-refractivity contribution >= 4 is 28.8 Å². The molecule has 0 saturated heterocycles. The molecule has 33 heavy (non-hydrogen) atoms. The Morgan fingerprint density at radius 2 is 1.85 bits per heavy atom. The summed E-state index contributed by atoms with van der Waals surface area (Å²) in [5.41, 5.74) is 1.68. The van der Waals surface area contributed by atoms with Gasteiger partial charge in [-0.05, 0) is 59.5 Å². The number of nitrogens with zero attached hydrogens (tertiary/aromatic N) is 2. The fourth-order valence-corrected chi connectivity index (χ4v) is 3.85. The summed E-state index contributed by atoms with van der Waals surface area (Å²) in [6, 6.07) is 19.6. The summed E-state index contributed by atoms with van der Waals surface area (Å²) < 4.78 is 18.7. The topological polar surface area (TPSA) is 71.5 Å². The first-order chi connectivity index (χ1) is 16.0. The van der Waals surface area contributed by atoms with Gasteiger partial charge in [0.05, 0.1) is 16.1 Å². The maximum Gasteiger partial charge on any atom is 0.268 e. The second kappa shape index (κ2) is 10.1. The normalized spacial score (nSPS) is 10.5. The van der Waals surface area contributed by atoms with E-state index in [1.54, 1.807) is 55.7 Å². The van der Waals surface area contributed by atoms with Crippen LogP contribution in [0, 0.1) is 5.82 Å². The molecule has 2 heterocycles. The van der Waals surface area contributed by atoms with Crippen LogP contribution in [-0.4, -0.2) is 23.8 Å². The number of thiophene rings is 1. The first-order valence-electron chi connectivity index (χ1n) is 10.1. The molecule has 6 nitrogen and oxygen atoms in total. The molecule has 0 aliphatic carbocycles. The highest BCUT2D eigenvalue weighted by molar-refractivity contribution is 7.12. The molecular formula is C25H20FN3O3S. The molecule has 0 radical (unpaired) electrons. The van der Waals surface area contributed by atoms with Gasteiger partial charge in [0, 0.05) is 25.9 Å². The Hall–Kier alpha value is -4.04. The molecule has 0 bridgehead atoms. The van der Waals surface area contributed by atoms with Gasteiger partial charge in [0.2, 0.25) is 5.88 Å². The Bertz CT molecular complexity index is 1260. The van der Waals surface area contributed by atoms with Crippen LogP contribution in [-0.2, 0) is 6.54 Å². The molecule has 0 fully saturated rings. The number of carbonyl (C=O) groups is 2. The van der Waals surface area contributed by atoms with Crippen molar-refractivity contribution in [1.29, 1.82) is 0 Å². The van der Waals surface area contributed by atoms with Crippen molar-refractivity contribution in [3.05, 3.63) is 106 Å². The first-order valence-corrected chi connectivity index (χ1v) is 11.0. The summed E-state index contributed by atoms with van der Waals surface area (Å²) in [4.78, 5) is 31.9. The smallest absolute Gasteiger partial charge is 0.268 e. The maximum atomic E-state index is 13.1. The number of hydrogen-bond acceptors (Lipinski definition) is 5. The van der Waals surface area contributed by atoms with Gasteiger partial charge in [0.1, 0.15) is 11.6 Å². The number of pyridine rings is 1. The predicted molar refractivity (Wildman–Crippen MR) is 125 cm³/mol. The average molecular weight is 462 g/mol. The van der Waals surface area contributed by atoms with Gasteiger partial charge >= 0.3 is 0 Å². The first kappa shape index (κ1) is 22.2. The van der Waals surface area contributed by atoms with Gasteiger partial charge in [0.25, 0.3) is 11.8 Å². The van der Waals surface area contributed by atoms with E-state index in [1.807, 2.05) is 11.4 Å². The lowest BCUT2D eigenvalue weighted by molar-refractivity contribution is 0.0951. The van der Waals surface area contributed by atoms with Crippen LogP contribution in [0.2, 0.25) is 0 Å². The van der Waals surface area contributed by atoms with E-state index in [0.717, 1.165) is 5.56 Å². The summed E-state index contributed by atoms with van der Waals surface area (Å²) in [5, 5.41) is 4.71. The second-order valence-electron chi connectivity index (χ2n) is 7.10.